The Morgan fingerprint density at radius 3 is 2.15 bits per heavy atom. The molecule has 0 aromatic carbocycles. The van der Waals surface area contributed by atoms with Gasteiger partial charge in [-0.1, -0.05) is 59.3 Å². The van der Waals surface area contributed by atoms with Crippen LogP contribution >= 0.6 is 0 Å². The van der Waals surface area contributed by atoms with Crippen molar-refractivity contribution < 1.29 is 24.5 Å². The van der Waals surface area contributed by atoms with E-state index in [9.17, 15) is 15.0 Å². The molecule has 1 saturated carbocycles. The van der Waals surface area contributed by atoms with E-state index in [0.29, 0.717) is 23.7 Å². The molecule has 1 aliphatic carbocycles. The molecule has 0 aliphatic heterocycles. The molecule has 0 saturated heterocycles. The molecule has 1 unspecified atom stereocenters. The molecule has 1 aliphatic rings. The molecule has 2 N–H and O–H groups in total. The van der Waals surface area contributed by atoms with Crippen LogP contribution in [0.25, 0.3) is 0 Å². The van der Waals surface area contributed by atoms with E-state index in [1.54, 1.807) is 6.92 Å². The largest absolute Gasteiger partial charge is 0.462 e. The van der Waals surface area contributed by atoms with Crippen molar-refractivity contribution in [1.29, 1.82) is 0 Å². The van der Waals surface area contributed by atoms with Crippen LogP contribution in [0.3, 0.4) is 0 Å². The lowest BCUT2D eigenvalue weighted by atomic mass is 9.79. The monoisotopic (exact) mass is 470 g/mol. The van der Waals surface area contributed by atoms with Gasteiger partial charge in [-0.25, -0.2) is 4.79 Å². The second kappa shape index (κ2) is 14.0. The van der Waals surface area contributed by atoms with E-state index in [0.717, 1.165) is 32.1 Å². The van der Waals surface area contributed by atoms with Gasteiger partial charge in [0.05, 0.1) is 18.3 Å². The van der Waals surface area contributed by atoms with Gasteiger partial charge in [0.15, 0.2) is 0 Å². The number of esters is 1. The molecule has 5 nitrogen and oxygen atoms in total. The first-order valence-electron chi connectivity index (χ1n) is 13.6. The molecule has 1 rings (SSSR count). The van der Waals surface area contributed by atoms with Crippen molar-refractivity contribution in [3.05, 3.63) is 0 Å². The predicted octanol–water partition coefficient (Wildman–Crippen LogP) is 6.78. The van der Waals surface area contributed by atoms with Crippen LogP contribution in [0.15, 0.2) is 0 Å². The summed E-state index contributed by atoms with van der Waals surface area (Å²) >= 11 is 0. The molecule has 0 radical (unpaired) electrons. The highest BCUT2D eigenvalue weighted by Crippen LogP contribution is 2.40. The lowest BCUT2D eigenvalue weighted by Gasteiger charge is -2.33. The minimum absolute atomic E-state index is 0.177. The summed E-state index contributed by atoms with van der Waals surface area (Å²) in [7, 11) is 0. The number of carbonyl (C=O) groups is 1. The SMILES string of the molecule is CCCCC(C)(C)CCC[C@H]1CC[C@H](O)[C@@H]1CCCCCC(O)(OC(C)(C)C)C(=O)OCC. The molecule has 0 spiro atoms. The first-order chi connectivity index (χ1) is 15.3. The van der Waals surface area contributed by atoms with Gasteiger partial charge in [-0.2, -0.15) is 0 Å². The predicted molar refractivity (Wildman–Crippen MR) is 135 cm³/mol. The lowest BCUT2D eigenvalue weighted by Crippen LogP contribution is -2.47. The number of hydrogen-bond acceptors (Lipinski definition) is 5. The zero-order valence-corrected chi connectivity index (χ0v) is 22.8. The molecule has 4 atom stereocenters. The summed E-state index contributed by atoms with van der Waals surface area (Å²) in [5.74, 6) is -1.58. The Bertz CT molecular complexity index is 553. The molecule has 196 valence electrons. The van der Waals surface area contributed by atoms with Crippen molar-refractivity contribution in [1.82, 2.24) is 0 Å². The highest BCUT2D eigenvalue weighted by Gasteiger charge is 2.42. The van der Waals surface area contributed by atoms with Crippen molar-refractivity contribution in [2.45, 2.75) is 149 Å². The van der Waals surface area contributed by atoms with Crippen LogP contribution in [0.5, 0.6) is 0 Å². The molecular weight excluding hydrogens is 416 g/mol. The fourth-order valence-corrected chi connectivity index (χ4v) is 5.40. The molecule has 0 heterocycles. The summed E-state index contributed by atoms with van der Waals surface area (Å²) in [6, 6.07) is 0. The average molecular weight is 471 g/mol. The van der Waals surface area contributed by atoms with Gasteiger partial charge in [0, 0.05) is 6.42 Å². The van der Waals surface area contributed by atoms with E-state index in [1.165, 1.54) is 38.5 Å². The molecule has 5 heteroatoms. The quantitative estimate of drug-likeness (QED) is 0.148. The van der Waals surface area contributed by atoms with Crippen molar-refractivity contribution in [2.75, 3.05) is 6.61 Å². The second-order valence-electron chi connectivity index (χ2n) is 12.0. The summed E-state index contributed by atoms with van der Waals surface area (Å²) in [6.07, 6.45) is 13.3. The van der Waals surface area contributed by atoms with E-state index in [-0.39, 0.29) is 19.1 Å². The maximum atomic E-state index is 12.3. The summed E-state index contributed by atoms with van der Waals surface area (Å²) in [4.78, 5) is 12.3. The Balaban J connectivity index is 2.45. The van der Waals surface area contributed by atoms with Crippen LogP contribution in [0, 0.1) is 17.3 Å². The van der Waals surface area contributed by atoms with Gasteiger partial charge in [0.1, 0.15) is 0 Å². The maximum Gasteiger partial charge on any atom is 0.366 e. The zero-order chi connectivity index (χ0) is 25.1. The van der Waals surface area contributed by atoms with Crippen LogP contribution < -0.4 is 0 Å². The van der Waals surface area contributed by atoms with E-state index in [2.05, 4.69) is 20.8 Å². The minimum atomic E-state index is -1.89. The molecule has 1 fully saturated rings. The number of rotatable bonds is 16. The van der Waals surface area contributed by atoms with Gasteiger partial charge < -0.3 is 19.7 Å². The highest BCUT2D eigenvalue weighted by molar-refractivity contribution is 5.77. The van der Waals surface area contributed by atoms with Crippen molar-refractivity contribution >= 4 is 5.97 Å². The number of hydrogen-bond donors (Lipinski definition) is 2. The van der Waals surface area contributed by atoms with Crippen LogP contribution in [0.2, 0.25) is 0 Å². The van der Waals surface area contributed by atoms with Crippen molar-refractivity contribution in [3.8, 4) is 0 Å². The number of aliphatic hydroxyl groups excluding tert-OH is 1. The molecule has 33 heavy (non-hydrogen) atoms. The second-order valence-corrected chi connectivity index (χ2v) is 12.0. The fraction of sp³-hybridized carbons (Fsp3) is 0.964. The smallest absolute Gasteiger partial charge is 0.366 e. The number of aliphatic hydroxyl groups is 2. The van der Waals surface area contributed by atoms with E-state index >= 15 is 0 Å². The third kappa shape index (κ3) is 11.6. The Hall–Kier alpha value is -0.650. The topological polar surface area (TPSA) is 76.0 Å². The first-order valence-corrected chi connectivity index (χ1v) is 13.6. The van der Waals surface area contributed by atoms with Gasteiger partial charge in [-0.3, -0.25) is 0 Å². The van der Waals surface area contributed by atoms with E-state index in [4.69, 9.17) is 9.47 Å². The number of unbranched alkanes of at least 4 members (excludes halogenated alkanes) is 3. The van der Waals surface area contributed by atoms with Crippen molar-refractivity contribution in [3.63, 3.8) is 0 Å². The Kier molecular flexibility index (Phi) is 12.9. The van der Waals surface area contributed by atoms with Gasteiger partial charge in [0.2, 0.25) is 0 Å². The number of carbonyl (C=O) groups excluding carboxylic acids is 1. The van der Waals surface area contributed by atoms with Crippen LogP contribution in [-0.2, 0) is 14.3 Å². The third-order valence-electron chi connectivity index (χ3n) is 7.19. The fourth-order valence-electron chi connectivity index (χ4n) is 5.40. The molecule has 0 aromatic heterocycles. The summed E-state index contributed by atoms with van der Waals surface area (Å²) in [5.41, 5.74) is -0.221. The van der Waals surface area contributed by atoms with E-state index in [1.807, 2.05) is 20.8 Å². The third-order valence-corrected chi connectivity index (χ3v) is 7.19. The molecule has 0 aromatic rings. The summed E-state index contributed by atoms with van der Waals surface area (Å²) in [6.45, 7) is 14.5. The average Bonchev–Trinajstić information content (AvgIpc) is 3.04. The van der Waals surface area contributed by atoms with Crippen molar-refractivity contribution in [2.24, 2.45) is 17.3 Å². The Labute approximate surface area is 204 Å². The van der Waals surface area contributed by atoms with Gasteiger partial charge in [-0.05, 0) is 83.5 Å². The standard InChI is InChI=1S/C28H54O5/c1-8-10-19-27(6,7)20-14-15-22-17-18-24(29)23(22)16-12-11-13-21-28(31,25(30)32-9-2)33-26(3,4)5/h22-24,29,31H,8-21H2,1-7H3/t22-,23+,24-,28?/m0/s1. The van der Waals surface area contributed by atoms with Gasteiger partial charge in [0.25, 0.3) is 5.79 Å². The van der Waals surface area contributed by atoms with Crippen LogP contribution in [0.1, 0.15) is 132 Å². The van der Waals surface area contributed by atoms with Gasteiger partial charge >= 0.3 is 5.97 Å². The molecular formula is C28H54O5. The van der Waals surface area contributed by atoms with E-state index < -0.39 is 17.4 Å². The highest BCUT2D eigenvalue weighted by atomic mass is 16.7. The summed E-state index contributed by atoms with van der Waals surface area (Å²) < 4.78 is 10.7. The maximum absolute atomic E-state index is 12.3. The van der Waals surface area contributed by atoms with Crippen LogP contribution in [0.4, 0.5) is 0 Å². The number of ether oxygens (including phenoxy) is 2. The Morgan fingerprint density at radius 2 is 1.55 bits per heavy atom. The first kappa shape index (κ1) is 30.4. The zero-order valence-electron chi connectivity index (χ0n) is 22.8. The van der Waals surface area contributed by atoms with Crippen LogP contribution in [-0.4, -0.2) is 40.3 Å². The summed E-state index contributed by atoms with van der Waals surface area (Å²) in [5, 5.41) is 21.4. The molecule has 0 amide bonds. The lowest BCUT2D eigenvalue weighted by molar-refractivity contribution is -0.261. The van der Waals surface area contributed by atoms with Gasteiger partial charge in [-0.15, -0.1) is 0 Å². The normalized spacial score (nSPS) is 23.5. The Morgan fingerprint density at radius 1 is 0.879 bits per heavy atom. The molecule has 0 bridgehead atoms. The minimum Gasteiger partial charge on any atom is -0.462 e.